The number of ether oxygens (including phenoxy) is 1. The van der Waals surface area contributed by atoms with E-state index in [9.17, 15) is 27.9 Å². The van der Waals surface area contributed by atoms with E-state index in [2.05, 4.69) is 10.1 Å². The van der Waals surface area contributed by atoms with Crippen LogP contribution in [0.15, 0.2) is 0 Å². The van der Waals surface area contributed by atoms with Crippen LogP contribution in [-0.2, 0) is 14.3 Å². The SMILES string of the molecule is CC1CCC(CNC(=O)COCC(F)(F)F)(C(=O)O)CC1. The van der Waals surface area contributed by atoms with E-state index in [-0.39, 0.29) is 6.54 Å². The van der Waals surface area contributed by atoms with Crippen LogP contribution >= 0.6 is 0 Å². The van der Waals surface area contributed by atoms with Gasteiger partial charge in [0.1, 0.15) is 13.2 Å². The minimum Gasteiger partial charge on any atom is -0.481 e. The van der Waals surface area contributed by atoms with Crippen LogP contribution in [0.5, 0.6) is 0 Å². The molecule has 5 nitrogen and oxygen atoms in total. The molecule has 0 bridgehead atoms. The van der Waals surface area contributed by atoms with Crippen LogP contribution < -0.4 is 5.32 Å². The number of hydrogen-bond acceptors (Lipinski definition) is 3. The van der Waals surface area contributed by atoms with Crippen molar-refractivity contribution >= 4 is 11.9 Å². The van der Waals surface area contributed by atoms with Crippen molar-refractivity contribution in [1.29, 1.82) is 0 Å². The Bertz CT molecular complexity index is 376. The average Bonchev–Trinajstić information content (AvgIpc) is 2.36. The lowest BCUT2D eigenvalue weighted by molar-refractivity contribution is -0.175. The van der Waals surface area contributed by atoms with Crippen LogP contribution in [0.4, 0.5) is 13.2 Å². The molecule has 0 aliphatic heterocycles. The van der Waals surface area contributed by atoms with E-state index in [1.165, 1.54) is 0 Å². The lowest BCUT2D eigenvalue weighted by Crippen LogP contribution is -2.46. The molecule has 1 rings (SSSR count). The Labute approximate surface area is 120 Å². The molecule has 1 aliphatic carbocycles. The number of carbonyl (C=O) groups is 2. The molecule has 0 saturated heterocycles. The molecular weight excluding hydrogens is 291 g/mol. The maximum Gasteiger partial charge on any atom is 0.411 e. The zero-order chi connectivity index (χ0) is 16.1. The third-order valence-electron chi connectivity index (χ3n) is 3.81. The molecule has 0 atom stereocenters. The summed E-state index contributed by atoms with van der Waals surface area (Å²) in [7, 11) is 0. The van der Waals surface area contributed by atoms with E-state index in [1.54, 1.807) is 0 Å². The first-order valence-electron chi connectivity index (χ1n) is 6.79. The second-order valence-electron chi connectivity index (χ2n) is 5.65. The highest BCUT2D eigenvalue weighted by molar-refractivity contribution is 5.79. The molecule has 122 valence electrons. The molecule has 0 aromatic carbocycles. The van der Waals surface area contributed by atoms with Crippen molar-refractivity contribution in [1.82, 2.24) is 5.32 Å². The zero-order valence-corrected chi connectivity index (χ0v) is 11.8. The fourth-order valence-corrected chi connectivity index (χ4v) is 2.36. The Balaban J connectivity index is 2.40. The maximum absolute atomic E-state index is 11.9. The van der Waals surface area contributed by atoms with E-state index in [4.69, 9.17) is 0 Å². The molecule has 0 spiro atoms. The first kappa shape index (κ1) is 17.7. The normalized spacial score (nSPS) is 26.4. The van der Waals surface area contributed by atoms with Crippen LogP contribution in [0.3, 0.4) is 0 Å². The summed E-state index contributed by atoms with van der Waals surface area (Å²) in [6, 6.07) is 0. The standard InChI is InChI=1S/C13H20F3NO4/c1-9-2-4-12(5-3-9,11(19)20)7-17-10(18)6-21-8-13(14,15)16/h9H,2-8H2,1H3,(H,17,18)(H,19,20). The van der Waals surface area contributed by atoms with E-state index >= 15 is 0 Å². The van der Waals surface area contributed by atoms with Gasteiger partial charge in [-0.1, -0.05) is 6.92 Å². The minimum atomic E-state index is -4.48. The summed E-state index contributed by atoms with van der Waals surface area (Å²) in [5, 5.41) is 11.7. The van der Waals surface area contributed by atoms with Gasteiger partial charge in [0.05, 0.1) is 5.41 Å². The molecule has 21 heavy (non-hydrogen) atoms. The zero-order valence-electron chi connectivity index (χ0n) is 11.8. The van der Waals surface area contributed by atoms with E-state index in [0.717, 1.165) is 12.8 Å². The number of amides is 1. The minimum absolute atomic E-state index is 0.0801. The Morgan fingerprint density at radius 1 is 1.33 bits per heavy atom. The molecule has 1 amide bonds. The van der Waals surface area contributed by atoms with Gasteiger partial charge < -0.3 is 15.2 Å². The Hall–Kier alpha value is -1.31. The quantitative estimate of drug-likeness (QED) is 0.786. The molecule has 1 aliphatic rings. The molecular formula is C13H20F3NO4. The van der Waals surface area contributed by atoms with Crippen molar-refractivity contribution in [2.24, 2.45) is 11.3 Å². The van der Waals surface area contributed by atoms with Gasteiger partial charge in [-0.05, 0) is 31.6 Å². The van der Waals surface area contributed by atoms with Crippen LogP contribution in [0.1, 0.15) is 32.6 Å². The highest BCUT2D eigenvalue weighted by Gasteiger charge is 2.41. The molecule has 1 saturated carbocycles. The van der Waals surface area contributed by atoms with Crippen molar-refractivity contribution in [2.75, 3.05) is 19.8 Å². The fraction of sp³-hybridized carbons (Fsp3) is 0.846. The number of carboxylic acids is 1. The van der Waals surface area contributed by atoms with Gasteiger partial charge >= 0.3 is 12.1 Å². The van der Waals surface area contributed by atoms with Crippen LogP contribution in [0.25, 0.3) is 0 Å². The van der Waals surface area contributed by atoms with E-state index in [1.807, 2.05) is 6.92 Å². The number of carbonyl (C=O) groups excluding carboxylic acids is 1. The molecule has 0 aromatic rings. The summed E-state index contributed by atoms with van der Waals surface area (Å²) in [6.45, 7) is -0.272. The third-order valence-corrected chi connectivity index (χ3v) is 3.81. The Kier molecular flexibility index (Phi) is 6.00. The predicted molar refractivity (Wildman–Crippen MR) is 67.6 cm³/mol. The van der Waals surface area contributed by atoms with Gasteiger partial charge in [0, 0.05) is 6.54 Å². The molecule has 8 heteroatoms. The number of halogens is 3. The predicted octanol–water partition coefficient (Wildman–Crippen LogP) is 1.96. The van der Waals surface area contributed by atoms with Crippen LogP contribution in [0, 0.1) is 11.3 Å². The smallest absolute Gasteiger partial charge is 0.411 e. The number of rotatable bonds is 6. The van der Waals surface area contributed by atoms with Gasteiger partial charge in [0.25, 0.3) is 0 Å². The number of alkyl halides is 3. The molecule has 0 unspecified atom stereocenters. The first-order chi connectivity index (χ1) is 9.65. The van der Waals surface area contributed by atoms with Gasteiger partial charge in [-0.3, -0.25) is 9.59 Å². The largest absolute Gasteiger partial charge is 0.481 e. The Morgan fingerprint density at radius 3 is 2.38 bits per heavy atom. The van der Waals surface area contributed by atoms with E-state index in [0.29, 0.717) is 18.8 Å². The number of hydrogen-bond donors (Lipinski definition) is 2. The highest BCUT2D eigenvalue weighted by atomic mass is 19.4. The molecule has 1 fully saturated rings. The summed E-state index contributed by atoms with van der Waals surface area (Å²) in [6.07, 6.45) is -2.07. The lowest BCUT2D eigenvalue weighted by Gasteiger charge is -2.35. The first-order valence-corrected chi connectivity index (χ1v) is 6.79. The monoisotopic (exact) mass is 311 g/mol. The average molecular weight is 311 g/mol. The molecule has 0 radical (unpaired) electrons. The topological polar surface area (TPSA) is 75.6 Å². The number of nitrogens with one attached hydrogen (secondary N) is 1. The van der Waals surface area contributed by atoms with Gasteiger partial charge in [-0.2, -0.15) is 13.2 Å². The van der Waals surface area contributed by atoms with Crippen molar-refractivity contribution < 1.29 is 32.6 Å². The van der Waals surface area contributed by atoms with Crippen molar-refractivity contribution in [3.05, 3.63) is 0 Å². The summed E-state index contributed by atoms with van der Waals surface area (Å²) >= 11 is 0. The Morgan fingerprint density at radius 2 is 1.90 bits per heavy atom. The number of aliphatic carboxylic acids is 1. The molecule has 0 heterocycles. The summed E-state index contributed by atoms with van der Waals surface area (Å²) in [5.41, 5.74) is -1.02. The van der Waals surface area contributed by atoms with Gasteiger partial charge in [-0.25, -0.2) is 0 Å². The maximum atomic E-state index is 11.9. The molecule has 2 N–H and O–H groups in total. The fourth-order valence-electron chi connectivity index (χ4n) is 2.36. The second kappa shape index (κ2) is 7.11. The summed E-state index contributed by atoms with van der Waals surface area (Å²) in [4.78, 5) is 22.8. The second-order valence-corrected chi connectivity index (χ2v) is 5.65. The highest BCUT2D eigenvalue weighted by Crippen LogP contribution is 2.38. The van der Waals surface area contributed by atoms with Crippen LogP contribution in [-0.4, -0.2) is 42.9 Å². The van der Waals surface area contributed by atoms with Crippen LogP contribution in [0.2, 0.25) is 0 Å². The van der Waals surface area contributed by atoms with Gasteiger partial charge in [0.15, 0.2) is 0 Å². The van der Waals surface area contributed by atoms with Crippen molar-refractivity contribution in [3.63, 3.8) is 0 Å². The van der Waals surface area contributed by atoms with Crippen molar-refractivity contribution in [2.45, 2.75) is 38.8 Å². The third kappa shape index (κ3) is 5.91. The summed E-state index contributed by atoms with van der Waals surface area (Å²) in [5.74, 6) is -1.27. The van der Waals surface area contributed by atoms with Crippen molar-refractivity contribution in [3.8, 4) is 0 Å². The lowest BCUT2D eigenvalue weighted by atomic mass is 9.71. The summed E-state index contributed by atoms with van der Waals surface area (Å²) < 4.78 is 39.8. The van der Waals surface area contributed by atoms with E-state index < -0.39 is 36.7 Å². The molecule has 0 aromatic heterocycles. The van der Waals surface area contributed by atoms with Gasteiger partial charge in [0.2, 0.25) is 5.91 Å². The van der Waals surface area contributed by atoms with Gasteiger partial charge in [-0.15, -0.1) is 0 Å². The number of carboxylic acid groups (broad SMARTS) is 1.